The van der Waals surface area contributed by atoms with Crippen molar-refractivity contribution in [3.8, 4) is 0 Å². The maximum Gasteiger partial charge on any atom is 0.293 e. The Morgan fingerprint density at radius 2 is 1.90 bits per heavy atom. The zero-order valence-corrected chi connectivity index (χ0v) is 18.0. The molecule has 0 atom stereocenters. The van der Waals surface area contributed by atoms with Gasteiger partial charge in [0.05, 0.1) is 18.1 Å². The fourth-order valence-electron chi connectivity index (χ4n) is 3.15. The van der Waals surface area contributed by atoms with Crippen molar-refractivity contribution >= 4 is 46.4 Å². The Labute approximate surface area is 178 Å². The molecule has 0 saturated carbocycles. The van der Waals surface area contributed by atoms with Crippen LogP contribution >= 0.6 is 23.4 Å². The molecule has 0 bridgehead atoms. The summed E-state index contributed by atoms with van der Waals surface area (Å²) < 4.78 is 7.24. The van der Waals surface area contributed by atoms with Gasteiger partial charge in [0.25, 0.3) is 11.1 Å². The van der Waals surface area contributed by atoms with E-state index in [2.05, 4.69) is 4.57 Å². The molecule has 8 heteroatoms. The van der Waals surface area contributed by atoms with E-state index in [-0.39, 0.29) is 12.3 Å². The number of benzene rings is 1. The number of aromatic nitrogens is 1. The van der Waals surface area contributed by atoms with Crippen molar-refractivity contribution in [1.29, 1.82) is 0 Å². The van der Waals surface area contributed by atoms with Crippen LogP contribution in [-0.4, -0.2) is 46.7 Å². The van der Waals surface area contributed by atoms with Crippen LogP contribution in [0.25, 0.3) is 6.08 Å². The minimum atomic E-state index is -0.455. The third-order valence-electron chi connectivity index (χ3n) is 4.76. The van der Waals surface area contributed by atoms with E-state index in [0.29, 0.717) is 28.6 Å². The summed E-state index contributed by atoms with van der Waals surface area (Å²) in [6, 6.07) is 8.32. The van der Waals surface area contributed by atoms with Crippen LogP contribution in [0.3, 0.4) is 0 Å². The maximum absolute atomic E-state index is 12.7. The van der Waals surface area contributed by atoms with Crippen LogP contribution in [0.15, 0.2) is 35.2 Å². The first-order valence-corrected chi connectivity index (χ1v) is 10.2. The van der Waals surface area contributed by atoms with E-state index in [1.807, 2.05) is 19.9 Å². The van der Waals surface area contributed by atoms with E-state index < -0.39 is 11.1 Å². The minimum absolute atomic E-state index is 0.295. The first-order valence-electron chi connectivity index (χ1n) is 9.01. The Kier molecular flexibility index (Phi) is 6.62. The number of methoxy groups -OCH3 is 1. The molecule has 1 aliphatic heterocycles. The number of rotatable bonds is 7. The number of carbonyl (C=O) groups excluding carboxylic acids is 3. The summed E-state index contributed by atoms with van der Waals surface area (Å²) in [5.74, 6) is -0.771. The Morgan fingerprint density at radius 3 is 2.55 bits per heavy atom. The molecule has 1 saturated heterocycles. The molecule has 29 heavy (non-hydrogen) atoms. The Morgan fingerprint density at radius 1 is 1.21 bits per heavy atom. The van der Waals surface area contributed by atoms with Crippen LogP contribution in [0.2, 0.25) is 5.02 Å². The number of hydrogen-bond donors (Lipinski definition) is 0. The van der Waals surface area contributed by atoms with Gasteiger partial charge in [-0.2, -0.15) is 0 Å². The highest BCUT2D eigenvalue weighted by atomic mass is 35.5. The summed E-state index contributed by atoms with van der Waals surface area (Å²) in [6.45, 7) is 4.94. The van der Waals surface area contributed by atoms with Crippen molar-refractivity contribution < 1.29 is 19.1 Å². The summed E-state index contributed by atoms with van der Waals surface area (Å²) in [6.07, 6.45) is 1.71. The van der Waals surface area contributed by atoms with Gasteiger partial charge in [-0.3, -0.25) is 19.3 Å². The average Bonchev–Trinajstić information content (AvgIpc) is 3.10. The van der Waals surface area contributed by atoms with Crippen molar-refractivity contribution in [2.24, 2.45) is 0 Å². The van der Waals surface area contributed by atoms with E-state index in [1.54, 1.807) is 37.5 Å². The molecule has 0 N–H and O–H groups in total. The standard InChI is InChI=1S/C21H21ClN2O4S/c1-13-10-16(14(2)23(13)8-9-28-3)11-19-20(26)24(21(27)29-19)12-18(25)15-4-6-17(22)7-5-15/h4-7,10-11H,8-9,12H2,1-3H3/b19-11-. The number of carbonyl (C=O) groups is 3. The molecular formula is C21H21ClN2O4S. The number of thioether (sulfide) groups is 1. The third-order valence-corrected chi connectivity index (χ3v) is 5.92. The molecule has 0 radical (unpaired) electrons. The van der Waals surface area contributed by atoms with E-state index >= 15 is 0 Å². The van der Waals surface area contributed by atoms with Gasteiger partial charge in [-0.05, 0) is 67.6 Å². The second kappa shape index (κ2) is 8.98. The Balaban J connectivity index is 1.78. The number of hydrogen-bond acceptors (Lipinski definition) is 5. The van der Waals surface area contributed by atoms with Gasteiger partial charge in [-0.25, -0.2) is 0 Å². The molecule has 0 aliphatic carbocycles. The number of ketones is 1. The summed E-state index contributed by atoms with van der Waals surface area (Å²) in [7, 11) is 1.65. The quantitative estimate of drug-likeness (QED) is 0.481. The van der Waals surface area contributed by atoms with Gasteiger partial charge in [0, 0.05) is 35.6 Å². The first-order chi connectivity index (χ1) is 13.8. The van der Waals surface area contributed by atoms with Crippen molar-refractivity contribution in [2.45, 2.75) is 20.4 Å². The van der Waals surface area contributed by atoms with Crippen LogP contribution in [0.4, 0.5) is 4.79 Å². The van der Waals surface area contributed by atoms with Gasteiger partial charge in [-0.15, -0.1) is 0 Å². The summed E-state index contributed by atoms with van der Waals surface area (Å²) in [5, 5.41) is 0.0653. The minimum Gasteiger partial charge on any atom is -0.383 e. The molecule has 6 nitrogen and oxygen atoms in total. The topological polar surface area (TPSA) is 68.6 Å². The highest BCUT2D eigenvalue weighted by Gasteiger charge is 2.36. The molecular weight excluding hydrogens is 412 g/mol. The second-order valence-corrected chi connectivity index (χ2v) is 8.10. The molecule has 0 spiro atoms. The van der Waals surface area contributed by atoms with Gasteiger partial charge in [0.2, 0.25) is 0 Å². The predicted molar refractivity (Wildman–Crippen MR) is 114 cm³/mol. The SMILES string of the molecule is COCCn1c(C)cc(/C=C2\SC(=O)N(CC(=O)c3ccc(Cl)cc3)C2=O)c1C. The molecule has 2 amide bonds. The van der Waals surface area contributed by atoms with Crippen molar-refractivity contribution in [2.75, 3.05) is 20.3 Å². The van der Waals surface area contributed by atoms with Crippen LogP contribution < -0.4 is 0 Å². The number of aryl methyl sites for hydroxylation is 1. The Hall–Kier alpha value is -2.35. The molecule has 3 rings (SSSR count). The van der Waals surface area contributed by atoms with Gasteiger partial charge >= 0.3 is 0 Å². The number of imide groups is 1. The van der Waals surface area contributed by atoms with Crippen LogP contribution in [-0.2, 0) is 16.1 Å². The smallest absolute Gasteiger partial charge is 0.293 e. The fourth-order valence-corrected chi connectivity index (χ4v) is 4.10. The largest absolute Gasteiger partial charge is 0.383 e. The maximum atomic E-state index is 12.7. The number of nitrogens with zero attached hydrogens (tertiary/aromatic N) is 2. The third kappa shape index (κ3) is 4.63. The van der Waals surface area contributed by atoms with Crippen LogP contribution in [0, 0.1) is 13.8 Å². The highest BCUT2D eigenvalue weighted by molar-refractivity contribution is 8.18. The average molecular weight is 433 g/mol. The van der Waals surface area contributed by atoms with E-state index in [1.165, 1.54) is 0 Å². The summed E-state index contributed by atoms with van der Waals surface area (Å²) in [5.41, 5.74) is 3.30. The van der Waals surface area contributed by atoms with Gasteiger partial charge in [0.1, 0.15) is 0 Å². The van der Waals surface area contributed by atoms with Gasteiger partial charge in [0.15, 0.2) is 5.78 Å². The summed E-state index contributed by atoms with van der Waals surface area (Å²) >= 11 is 6.68. The van der Waals surface area contributed by atoms with E-state index in [4.69, 9.17) is 16.3 Å². The lowest BCUT2D eigenvalue weighted by Gasteiger charge is -2.11. The molecule has 2 aromatic rings. The number of ether oxygens (including phenoxy) is 1. The predicted octanol–water partition coefficient (Wildman–Crippen LogP) is 4.32. The lowest BCUT2D eigenvalue weighted by Crippen LogP contribution is -2.33. The van der Waals surface area contributed by atoms with Crippen molar-refractivity contribution in [3.05, 3.63) is 62.8 Å². The first kappa shape index (κ1) is 21.4. The van der Waals surface area contributed by atoms with Gasteiger partial charge in [-0.1, -0.05) is 11.6 Å². The molecule has 1 aromatic heterocycles. The Bertz CT molecular complexity index is 995. The zero-order chi connectivity index (χ0) is 21.1. The fraction of sp³-hybridized carbons (Fsp3) is 0.286. The van der Waals surface area contributed by atoms with Crippen molar-refractivity contribution in [1.82, 2.24) is 9.47 Å². The molecule has 2 heterocycles. The van der Waals surface area contributed by atoms with Gasteiger partial charge < -0.3 is 9.30 Å². The molecule has 1 aliphatic rings. The van der Waals surface area contributed by atoms with Crippen molar-refractivity contribution in [3.63, 3.8) is 0 Å². The second-order valence-electron chi connectivity index (χ2n) is 6.67. The molecule has 152 valence electrons. The lowest BCUT2D eigenvalue weighted by atomic mass is 10.1. The van der Waals surface area contributed by atoms with Crippen LogP contribution in [0.1, 0.15) is 27.3 Å². The monoisotopic (exact) mass is 432 g/mol. The molecule has 1 aromatic carbocycles. The van der Waals surface area contributed by atoms with Crippen LogP contribution in [0.5, 0.6) is 0 Å². The number of Topliss-reactive ketones (excluding diaryl/α,β-unsaturated/α-hetero) is 1. The number of amides is 2. The lowest BCUT2D eigenvalue weighted by molar-refractivity contribution is -0.122. The van der Waals surface area contributed by atoms with E-state index in [9.17, 15) is 14.4 Å². The summed E-state index contributed by atoms with van der Waals surface area (Å²) in [4.78, 5) is 38.8. The highest BCUT2D eigenvalue weighted by Crippen LogP contribution is 2.33. The molecule has 0 unspecified atom stereocenters. The number of halogens is 1. The normalized spacial score (nSPS) is 15.6. The van der Waals surface area contributed by atoms with E-state index in [0.717, 1.165) is 33.6 Å². The zero-order valence-electron chi connectivity index (χ0n) is 16.4. The molecule has 1 fully saturated rings.